The van der Waals surface area contributed by atoms with Crippen molar-refractivity contribution in [1.29, 1.82) is 0 Å². The Labute approximate surface area is 520 Å². The van der Waals surface area contributed by atoms with Gasteiger partial charge in [-0.3, -0.25) is 0 Å². The van der Waals surface area contributed by atoms with E-state index >= 15 is 8.78 Å². The number of benzene rings is 3. The highest BCUT2D eigenvalue weighted by Crippen LogP contribution is 2.70. The zero-order chi connectivity index (χ0) is 58.4. The molecule has 3 aromatic carbocycles. The molecular weight excluding hydrogens is 1080 g/mol. The first-order chi connectivity index (χ1) is 42.8. The van der Waals surface area contributed by atoms with Crippen LogP contribution in [-0.2, 0) is 11.8 Å². The van der Waals surface area contributed by atoms with Crippen LogP contribution >= 0.6 is 11.3 Å². The van der Waals surface area contributed by atoms with E-state index in [4.69, 9.17) is 0 Å². The van der Waals surface area contributed by atoms with Crippen molar-refractivity contribution in [2.45, 2.75) is 146 Å². The van der Waals surface area contributed by atoms with E-state index in [1.165, 1.54) is 113 Å². The number of rotatable bonds is 12. The largest absolute Gasteiger partial charge is 0.342 e. The number of aryl methyl sites for hydroxylation is 1. The van der Waals surface area contributed by atoms with E-state index in [-0.39, 0.29) is 28.4 Å². The summed E-state index contributed by atoms with van der Waals surface area (Å²) in [6.07, 6.45) is 71.8. The molecule has 5 heteroatoms. The van der Waals surface area contributed by atoms with Crippen LogP contribution in [0.4, 0.5) is 20.2 Å². The third-order valence-corrected chi connectivity index (χ3v) is 25.0. The first-order valence-corrected chi connectivity index (χ1v) is 34.6. The quantitative estimate of drug-likeness (QED) is 0.130. The van der Waals surface area contributed by atoms with Gasteiger partial charge >= 0.3 is 0 Å². The summed E-state index contributed by atoms with van der Waals surface area (Å²) in [5, 5.41) is 3.99. The van der Waals surface area contributed by atoms with Crippen LogP contribution in [-0.4, -0.2) is 6.04 Å². The van der Waals surface area contributed by atoms with Crippen molar-refractivity contribution < 1.29 is 8.78 Å². The highest BCUT2D eigenvalue weighted by Gasteiger charge is 2.64. The Hall–Kier alpha value is -6.82. The summed E-state index contributed by atoms with van der Waals surface area (Å²) in [5.41, 5.74) is 14.9. The molecule has 2 saturated carbocycles. The molecule has 1 heterocycles. The fourth-order valence-electron chi connectivity index (χ4n) is 20.2. The number of fused-ring (bicyclic) bond motifs is 10. The van der Waals surface area contributed by atoms with Crippen molar-refractivity contribution in [3.8, 4) is 0 Å². The van der Waals surface area contributed by atoms with Crippen molar-refractivity contribution in [2.24, 2.45) is 52.8 Å². The minimum Gasteiger partial charge on any atom is -0.342 e. The van der Waals surface area contributed by atoms with Crippen LogP contribution < -0.4 is 9.80 Å². The topological polar surface area (TPSA) is 6.48 Å². The molecule has 0 N–H and O–H groups in total. The zero-order valence-electron chi connectivity index (χ0n) is 50.7. The van der Waals surface area contributed by atoms with E-state index in [1.54, 1.807) is 6.08 Å². The zero-order valence-corrected chi connectivity index (χ0v) is 51.5. The van der Waals surface area contributed by atoms with Crippen LogP contribution in [0.1, 0.15) is 149 Å². The lowest BCUT2D eigenvalue weighted by molar-refractivity contribution is 0.0769. The molecule has 0 saturated heterocycles. The first-order valence-electron chi connectivity index (χ1n) is 33.8. The summed E-state index contributed by atoms with van der Waals surface area (Å²) >= 11 is 2.00. The van der Waals surface area contributed by atoms with E-state index < -0.39 is 0 Å². The standard InChI is InChI=1S/C82H84F2N2S/c1-3-53-23-28-57(29-24-53)81(59-32-36-61(83)37-33-59)75-21-13-11-19-69(75)71-44-41-67(51-77(71)81)85(63-15-7-5-8-16-63)65-40-27-55-49-80-73(48-56(55)47-65)74-50-66(43-46-79(74)87-80)86(64-17-9-6-10-18-64)68-42-45-72-70-20-12-14-22-76(70)82(78(72)52-68,60-34-38-62(84)39-35-60)58-30-25-54(4-2)26-31-58/h3-4,9,11-13,15,17-21,23,25,27-28,30,32,34,36,38-40,42,45,47-50,52-53,57,60,67,69-71,75-77H,1-2,5-8,10,14,16,22,24,26,29,31,33,35,37,41,43-44,46,51H2. The first kappa shape index (κ1) is 55.5. The Balaban J connectivity index is 0.788. The van der Waals surface area contributed by atoms with Crippen molar-refractivity contribution in [1.82, 2.24) is 0 Å². The van der Waals surface area contributed by atoms with Gasteiger partial charge in [0.05, 0.1) is 0 Å². The van der Waals surface area contributed by atoms with Crippen molar-refractivity contribution in [3.05, 3.63) is 256 Å². The Bertz CT molecular complexity index is 3960. The van der Waals surface area contributed by atoms with Crippen LogP contribution in [0.15, 0.2) is 235 Å². The van der Waals surface area contributed by atoms with Crippen molar-refractivity contribution >= 4 is 49.6 Å². The lowest BCUT2D eigenvalue weighted by atomic mass is 9.53. The molecule has 12 unspecified atom stereocenters. The van der Waals surface area contributed by atoms with Gasteiger partial charge in [0, 0.05) is 72.6 Å². The molecule has 1 aromatic heterocycles. The minimum absolute atomic E-state index is 0.0266. The summed E-state index contributed by atoms with van der Waals surface area (Å²) in [7, 11) is 0. The van der Waals surface area contributed by atoms with E-state index in [0.717, 1.165) is 89.9 Å². The Morgan fingerprint density at radius 1 is 0.644 bits per heavy atom. The third-order valence-electron chi connectivity index (χ3n) is 23.8. The van der Waals surface area contributed by atoms with Crippen molar-refractivity contribution in [3.63, 3.8) is 0 Å². The number of allylic oxidation sites excluding steroid dienone is 28. The van der Waals surface area contributed by atoms with Crippen LogP contribution in [0.25, 0.3) is 26.9 Å². The maximum Gasteiger partial charge on any atom is 0.118 e. The molecule has 16 rings (SSSR count). The summed E-state index contributed by atoms with van der Waals surface area (Å²) in [4.78, 5) is 6.97. The minimum atomic E-state index is -0.260. The molecule has 442 valence electrons. The number of hydrogen-bond acceptors (Lipinski definition) is 3. The van der Waals surface area contributed by atoms with E-state index in [9.17, 15) is 0 Å². The van der Waals surface area contributed by atoms with Gasteiger partial charge in [-0.25, -0.2) is 8.78 Å². The molecule has 4 aromatic rings. The van der Waals surface area contributed by atoms with Gasteiger partial charge in [-0.05, 0) is 269 Å². The molecule has 2 fully saturated rings. The molecule has 0 amide bonds. The Morgan fingerprint density at radius 3 is 2.34 bits per heavy atom. The lowest BCUT2D eigenvalue weighted by Gasteiger charge is -2.52. The Morgan fingerprint density at radius 2 is 1.55 bits per heavy atom. The van der Waals surface area contributed by atoms with Gasteiger partial charge in [0.25, 0.3) is 0 Å². The monoisotopic (exact) mass is 1170 g/mol. The van der Waals surface area contributed by atoms with Crippen LogP contribution in [0.5, 0.6) is 0 Å². The molecule has 0 bridgehead atoms. The van der Waals surface area contributed by atoms with Crippen LogP contribution in [0.2, 0.25) is 0 Å². The van der Waals surface area contributed by atoms with Gasteiger partial charge < -0.3 is 9.80 Å². The fourth-order valence-corrected chi connectivity index (χ4v) is 21.4. The number of hydrogen-bond donors (Lipinski definition) is 0. The predicted molar refractivity (Wildman–Crippen MR) is 363 cm³/mol. The molecule has 0 spiro atoms. The van der Waals surface area contributed by atoms with Crippen molar-refractivity contribution in [2.75, 3.05) is 9.80 Å². The second-order valence-corrected chi connectivity index (χ2v) is 28.9. The molecule has 0 aliphatic heterocycles. The maximum absolute atomic E-state index is 15.1. The molecule has 87 heavy (non-hydrogen) atoms. The predicted octanol–water partition coefficient (Wildman–Crippen LogP) is 22.4. The van der Waals surface area contributed by atoms with Gasteiger partial charge in [0.1, 0.15) is 11.7 Å². The van der Waals surface area contributed by atoms with Crippen LogP contribution in [0, 0.1) is 52.8 Å². The molecule has 12 aliphatic rings. The third kappa shape index (κ3) is 9.14. The van der Waals surface area contributed by atoms with Gasteiger partial charge in [-0.15, -0.1) is 17.9 Å². The normalized spacial score (nSPS) is 32.9. The second-order valence-electron chi connectivity index (χ2n) is 27.7. The fraction of sp³-hybridized carbons (Fsp3) is 0.390. The molecule has 12 aliphatic carbocycles. The summed E-state index contributed by atoms with van der Waals surface area (Å²) in [6.45, 7) is 8.39. The second kappa shape index (κ2) is 22.6. The summed E-state index contributed by atoms with van der Waals surface area (Å²) in [5.74, 6) is 3.59. The molecule has 12 atom stereocenters. The number of nitrogens with zero attached hydrogens (tertiary/aromatic N) is 2. The van der Waals surface area contributed by atoms with Gasteiger partial charge in [-0.1, -0.05) is 133 Å². The Kier molecular flexibility index (Phi) is 14.4. The number of thiophene rings is 1. The van der Waals surface area contributed by atoms with E-state index in [1.807, 2.05) is 29.6 Å². The average Bonchev–Trinajstić information content (AvgIpc) is 1.74. The molecule has 2 nitrogen and oxygen atoms in total. The number of halogens is 2. The smallest absolute Gasteiger partial charge is 0.118 e. The molecule has 0 radical (unpaired) electrons. The van der Waals surface area contributed by atoms with E-state index in [0.29, 0.717) is 66.2 Å². The summed E-state index contributed by atoms with van der Waals surface area (Å²) < 4.78 is 31.6. The summed E-state index contributed by atoms with van der Waals surface area (Å²) in [6, 6.07) is 20.4. The van der Waals surface area contributed by atoms with E-state index in [2.05, 4.69) is 181 Å². The van der Waals surface area contributed by atoms with Crippen LogP contribution in [0.3, 0.4) is 0 Å². The van der Waals surface area contributed by atoms with Gasteiger partial charge in [0.15, 0.2) is 0 Å². The van der Waals surface area contributed by atoms with Gasteiger partial charge in [0.2, 0.25) is 0 Å². The maximum atomic E-state index is 15.1. The highest BCUT2D eigenvalue weighted by molar-refractivity contribution is 7.19. The molecular formula is C82H84F2N2S. The average molecular weight is 1170 g/mol. The SMILES string of the molecule is C=CC1=CC=C(C2(C3C=CC(F)=CC3)c3cc(N(C4=CCCC=C4)C4=Cc5c(sc6cc7ccc(N(C8=CCCCC8)C8CCC9C%10C=CC=CC%10C(C%10=CC=C(F)CC%10)(C%10C=CC(C=C)CC%10)C9C8)cc7cc56)CC4)ccc3C3C=CCCC32)CC1. The van der Waals surface area contributed by atoms with Gasteiger partial charge in [-0.2, -0.15) is 0 Å². The lowest BCUT2D eigenvalue weighted by Crippen LogP contribution is -2.48. The number of anilines is 2. The highest BCUT2D eigenvalue weighted by atomic mass is 32.1.